The SMILES string of the molecule is CNCC1CCCCN1C(=O)c1ccc(C)c(Br)c1. The number of carbonyl (C=O) groups excluding carboxylic acids is 1. The summed E-state index contributed by atoms with van der Waals surface area (Å²) in [5.74, 6) is 0.153. The number of hydrogen-bond acceptors (Lipinski definition) is 2. The quantitative estimate of drug-likeness (QED) is 0.927. The van der Waals surface area contributed by atoms with E-state index in [1.165, 1.54) is 6.42 Å². The van der Waals surface area contributed by atoms with E-state index in [1.54, 1.807) is 0 Å². The van der Waals surface area contributed by atoms with Crippen LogP contribution in [0.2, 0.25) is 0 Å². The molecule has 0 aliphatic carbocycles. The first-order valence-electron chi connectivity index (χ1n) is 6.85. The lowest BCUT2D eigenvalue weighted by molar-refractivity contribution is 0.0615. The number of piperidine rings is 1. The van der Waals surface area contributed by atoms with Gasteiger partial charge in [0.1, 0.15) is 0 Å². The molecule has 1 amide bonds. The van der Waals surface area contributed by atoms with Gasteiger partial charge < -0.3 is 10.2 Å². The van der Waals surface area contributed by atoms with Gasteiger partial charge in [-0.3, -0.25) is 4.79 Å². The van der Waals surface area contributed by atoms with E-state index >= 15 is 0 Å². The molecule has 0 bridgehead atoms. The van der Waals surface area contributed by atoms with Crippen LogP contribution in [0.4, 0.5) is 0 Å². The highest BCUT2D eigenvalue weighted by Gasteiger charge is 2.26. The lowest BCUT2D eigenvalue weighted by atomic mass is 10.0. The molecule has 2 rings (SSSR count). The van der Waals surface area contributed by atoms with Crippen LogP contribution in [0.5, 0.6) is 0 Å². The minimum atomic E-state index is 0.153. The van der Waals surface area contributed by atoms with Gasteiger partial charge >= 0.3 is 0 Å². The zero-order valence-corrected chi connectivity index (χ0v) is 13.2. The summed E-state index contributed by atoms with van der Waals surface area (Å²) < 4.78 is 1.00. The van der Waals surface area contributed by atoms with Gasteiger partial charge in [0.05, 0.1) is 0 Å². The standard InChI is InChI=1S/C15H21BrN2O/c1-11-6-7-12(9-14(11)16)15(19)18-8-4-3-5-13(18)10-17-2/h6-7,9,13,17H,3-5,8,10H2,1-2H3. The van der Waals surface area contributed by atoms with Gasteiger partial charge in [-0.15, -0.1) is 0 Å². The van der Waals surface area contributed by atoms with Crippen molar-refractivity contribution >= 4 is 21.8 Å². The Morgan fingerprint density at radius 1 is 1.47 bits per heavy atom. The smallest absolute Gasteiger partial charge is 0.254 e. The molecule has 1 aromatic rings. The normalized spacial score (nSPS) is 19.5. The van der Waals surface area contributed by atoms with Crippen LogP contribution in [0, 0.1) is 6.92 Å². The lowest BCUT2D eigenvalue weighted by Crippen LogP contribution is -2.48. The summed E-state index contributed by atoms with van der Waals surface area (Å²) >= 11 is 3.50. The van der Waals surface area contributed by atoms with E-state index in [0.717, 1.165) is 41.5 Å². The van der Waals surface area contributed by atoms with E-state index in [-0.39, 0.29) is 5.91 Å². The van der Waals surface area contributed by atoms with Crippen LogP contribution in [0.1, 0.15) is 35.2 Å². The third-order valence-electron chi connectivity index (χ3n) is 3.75. The zero-order valence-electron chi connectivity index (χ0n) is 11.6. The summed E-state index contributed by atoms with van der Waals surface area (Å²) in [5.41, 5.74) is 1.93. The van der Waals surface area contributed by atoms with Crippen LogP contribution in [0.15, 0.2) is 22.7 Å². The van der Waals surface area contributed by atoms with Gasteiger partial charge in [0.25, 0.3) is 5.91 Å². The van der Waals surface area contributed by atoms with Crippen LogP contribution in [-0.4, -0.2) is 37.0 Å². The van der Waals surface area contributed by atoms with Crippen molar-refractivity contribution in [1.29, 1.82) is 0 Å². The van der Waals surface area contributed by atoms with Crippen molar-refractivity contribution in [2.75, 3.05) is 20.1 Å². The van der Waals surface area contributed by atoms with Crippen LogP contribution in [0.25, 0.3) is 0 Å². The number of carbonyl (C=O) groups is 1. The Kier molecular flexibility index (Phi) is 4.99. The molecule has 3 nitrogen and oxygen atoms in total. The predicted molar refractivity (Wildman–Crippen MR) is 81.5 cm³/mol. The number of nitrogens with one attached hydrogen (secondary N) is 1. The average molecular weight is 325 g/mol. The Hall–Kier alpha value is -0.870. The van der Waals surface area contributed by atoms with Gasteiger partial charge in [0, 0.05) is 29.2 Å². The average Bonchev–Trinajstić information content (AvgIpc) is 2.42. The molecule has 1 aliphatic rings. The molecule has 1 fully saturated rings. The summed E-state index contributed by atoms with van der Waals surface area (Å²) in [4.78, 5) is 14.7. The summed E-state index contributed by atoms with van der Waals surface area (Å²) in [6.45, 7) is 3.78. The maximum atomic E-state index is 12.6. The van der Waals surface area contributed by atoms with Gasteiger partial charge in [-0.05, 0) is 50.9 Å². The molecule has 1 N–H and O–H groups in total. The number of aryl methyl sites for hydroxylation is 1. The molecule has 1 unspecified atom stereocenters. The van der Waals surface area contributed by atoms with Gasteiger partial charge in [0.2, 0.25) is 0 Å². The second-order valence-electron chi connectivity index (χ2n) is 5.17. The van der Waals surface area contributed by atoms with Crippen molar-refractivity contribution in [3.8, 4) is 0 Å². The first-order chi connectivity index (χ1) is 9.13. The molecular weight excluding hydrogens is 304 g/mol. The molecule has 1 heterocycles. The summed E-state index contributed by atoms with van der Waals surface area (Å²) in [5, 5.41) is 3.19. The van der Waals surface area contributed by atoms with E-state index in [4.69, 9.17) is 0 Å². The minimum Gasteiger partial charge on any atom is -0.334 e. The number of nitrogens with zero attached hydrogens (tertiary/aromatic N) is 1. The third-order valence-corrected chi connectivity index (χ3v) is 4.60. The number of rotatable bonds is 3. The zero-order chi connectivity index (χ0) is 13.8. The molecule has 1 saturated heterocycles. The molecule has 1 atom stereocenters. The molecular formula is C15H21BrN2O. The number of benzene rings is 1. The van der Waals surface area contributed by atoms with Crippen LogP contribution < -0.4 is 5.32 Å². The number of hydrogen-bond donors (Lipinski definition) is 1. The highest BCUT2D eigenvalue weighted by atomic mass is 79.9. The molecule has 1 aliphatic heterocycles. The molecule has 0 spiro atoms. The molecule has 104 valence electrons. The topological polar surface area (TPSA) is 32.3 Å². The Labute approximate surface area is 123 Å². The number of likely N-dealkylation sites (N-methyl/N-ethyl adjacent to an activating group) is 1. The van der Waals surface area contributed by atoms with Crippen molar-refractivity contribution < 1.29 is 4.79 Å². The molecule has 4 heteroatoms. The Balaban J connectivity index is 2.18. The largest absolute Gasteiger partial charge is 0.334 e. The molecule has 1 aromatic carbocycles. The monoisotopic (exact) mass is 324 g/mol. The Morgan fingerprint density at radius 3 is 2.95 bits per heavy atom. The first-order valence-corrected chi connectivity index (χ1v) is 7.64. The molecule has 0 saturated carbocycles. The van der Waals surface area contributed by atoms with Crippen LogP contribution in [0.3, 0.4) is 0 Å². The van der Waals surface area contributed by atoms with Crippen LogP contribution >= 0.6 is 15.9 Å². The van der Waals surface area contributed by atoms with Crippen molar-refractivity contribution in [1.82, 2.24) is 10.2 Å². The third kappa shape index (κ3) is 3.37. The first kappa shape index (κ1) is 14.5. The highest BCUT2D eigenvalue weighted by molar-refractivity contribution is 9.10. The second kappa shape index (κ2) is 6.53. The van der Waals surface area contributed by atoms with Crippen molar-refractivity contribution in [2.45, 2.75) is 32.2 Å². The van der Waals surface area contributed by atoms with E-state index in [2.05, 4.69) is 21.2 Å². The highest BCUT2D eigenvalue weighted by Crippen LogP contribution is 2.22. The van der Waals surface area contributed by atoms with Gasteiger partial charge in [-0.2, -0.15) is 0 Å². The lowest BCUT2D eigenvalue weighted by Gasteiger charge is -2.35. The predicted octanol–water partition coefficient (Wildman–Crippen LogP) is 2.97. The number of halogens is 1. The van der Waals surface area contributed by atoms with Crippen molar-refractivity contribution in [2.24, 2.45) is 0 Å². The summed E-state index contributed by atoms with van der Waals surface area (Å²) in [6, 6.07) is 6.18. The fraction of sp³-hybridized carbons (Fsp3) is 0.533. The van der Waals surface area contributed by atoms with Gasteiger partial charge in [-0.1, -0.05) is 22.0 Å². The Morgan fingerprint density at radius 2 is 2.26 bits per heavy atom. The van der Waals surface area contributed by atoms with Gasteiger partial charge in [-0.25, -0.2) is 0 Å². The number of amides is 1. The van der Waals surface area contributed by atoms with E-state index < -0.39 is 0 Å². The summed E-state index contributed by atoms with van der Waals surface area (Å²) in [6.07, 6.45) is 3.42. The molecule has 19 heavy (non-hydrogen) atoms. The van der Waals surface area contributed by atoms with Crippen molar-refractivity contribution in [3.63, 3.8) is 0 Å². The van der Waals surface area contributed by atoms with E-state index in [0.29, 0.717) is 6.04 Å². The maximum Gasteiger partial charge on any atom is 0.254 e. The van der Waals surface area contributed by atoms with Crippen molar-refractivity contribution in [3.05, 3.63) is 33.8 Å². The minimum absolute atomic E-state index is 0.153. The fourth-order valence-electron chi connectivity index (χ4n) is 2.61. The Bertz CT molecular complexity index is 459. The van der Waals surface area contributed by atoms with E-state index in [9.17, 15) is 4.79 Å². The molecule has 0 radical (unpaired) electrons. The summed E-state index contributed by atoms with van der Waals surface area (Å²) in [7, 11) is 1.94. The van der Waals surface area contributed by atoms with Gasteiger partial charge in [0.15, 0.2) is 0 Å². The second-order valence-corrected chi connectivity index (χ2v) is 6.02. The number of likely N-dealkylation sites (tertiary alicyclic amines) is 1. The van der Waals surface area contributed by atoms with E-state index in [1.807, 2.05) is 37.1 Å². The maximum absolute atomic E-state index is 12.6. The fourth-order valence-corrected chi connectivity index (χ4v) is 2.99. The van der Waals surface area contributed by atoms with Crippen LogP contribution in [-0.2, 0) is 0 Å². The molecule has 0 aromatic heterocycles.